The molecule has 17 heavy (non-hydrogen) atoms. The highest BCUT2D eigenvalue weighted by Crippen LogP contribution is 2.26. The SMILES string of the molecule is Cc1ccc(-c2cc(C(C)(C)C)n(C)n2)cc1. The van der Waals surface area contributed by atoms with Crippen LogP contribution in [0.5, 0.6) is 0 Å². The Morgan fingerprint density at radius 1 is 1.06 bits per heavy atom. The normalized spacial score (nSPS) is 11.8. The third-order valence-electron chi connectivity index (χ3n) is 3.00. The first-order valence-electron chi connectivity index (χ1n) is 5.99. The van der Waals surface area contributed by atoms with E-state index in [1.165, 1.54) is 16.8 Å². The molecular weight excluding hydrogens is 208 g/mol. The number of benzene rings is 1. The van der Waals surface area contributed by atoms with E-state index in [0.717, 1.165) is 5.69 Å². The van der Waals surface area contributed by atoms with Crippen molar-refractivity contribution in [2.75, 3.05) is 0 Å². The van der Waals surface area contributed by atoms with Crippen molar-refractivity contribution in [2.24, 2.45) is 7.05 Å². The summed E-state index contributed by atoms with van der Waals surface area (Å²) in [5, 5.41) is 4.59. The van der Waals surface area contributed by atoms with E-state index >= 15 is 0 Å². The van der Waals surface area contributed by atoms with Gasteiger partial charge in [0.15, 0.2) is 0 Å². The highest BCUT2D eigenvalue weighted by Gasteiger charge is 2.19. The Bertz CT molecular complexity index is 513. The first-order chi connectivity index (χ1) is 7.88. The van der Waals surface area contributed by atoms with E-state index < -0.39 is 0 Å². The molecule has 0 bridgehead atoms. The van der Waals surface area contributed by atoms with Gasteiger partial charge in [0.1, 0.15) is 0 Å². The standard InChI is InChI=1S/C15H20N2/c1-11-6-8-12(9-7-11)13-10-14(15(2,3)4)17(5)16-13/h6-10H,1-5H3. The highest BCUT2D eigenvalue weighted by molar-refractivity contribution is 5.60. The van der Waals surface area contributed by atoms with Crippen LogP contribution in [0.25, 0.3) is 11.3 Å². The number of aryl methyl sites for hydroxylation is 2. The van der Waals surface area contributed by atoms with E-state index in [1.54, 1.807) is 0 Å². The van der Waals surface area contributed by atoms with Crippen LogP contribution in [-0.4, -0.2) is 9.78 Å². The molecule has 1 aromatic carbocycles. The molecule has 2 heteroatoms. The molecule has 0 radical (unpaired) electrons. The lowest BCUT2D eigenvalue weighted by atomic mass is 9.91. The topological polar surface area (TPSA) is 17.8 Å². The fraction of sp³-hybridized carbons (Fsp3) is 0.400. The lowest BCUT2D eigenvalue weighted by Gasteiger charge is -2.17. The third kappa shape index (κ3) is 2.41. The van der Waals surface area contributed by atoms with Gasteiger partial charge in [0, 0.05) is 23.7 Å². The molecule has 90 valence electrons. The van der Waals surface area contributed by atoms with Gasteiger partial charge in [-0.3, -0.25) is 4.68 Å². The zero-order chi connectivity index (χ0) is 12.6. The van der Waals surface area contributed by atoms with Gasteiger partial charge in [-0.1, -0.05) is 50.6 Å². The van der Waals surface area contributed by atoms with Gasteiger partial charge in [-0.15, -0.1) is 0 Å². The van der Waals surface area contributed by atoms with Crippen molar-refractivity contribution < 1.29 is 0 Å². The second-order valence-electron chi connectivity index (χ2n) is 5.65. The molecule has 0 aliphatic rings. The molecule has 0 N–H and O–H groups in total. The molecule has 0 unspecified atom stereocenters. The lowest BCUT2D eigenvalue weighted by molar-refractivity contribution is 0.523. The summed E-state index contributed by atoms with van der Waals surface area (Å²) in [6.45, 7) is 8.73. The summed E-state index contributed by atoms with van der Waals surface area (Å²) in [6.07, 6.45) is 0. The predicted molar refractivity (Wildman–Crippen MR) is 72.1 cm³/mol. The Kier molecular flexibility index (Phi) is 2.82. The van der Waals surface area contributed by atoms with Gasteiger partial charge in [0.25, 0.3) is 0 Å². The Morgan fingerprint density at radius 3 is 2.12 bits per heavy atom. The predicted octanol–water partition coefficient (Wildman–Crippen LogP) is 3.69. The van der Waals surface area contributed by atoms with Crippen LogP contribution in [0, 0.1) is 6.92 Å². The van der Waals surface area contributed by atoms with Crippen molar-refractivity contribution >= 4 is 0 Å². The number of aromatic nitrogens is 2. The van der Waals surface area contributed by atoms with Crippen LogP contribution in [0.15, 0.2) is 30.3 Å². The fourth-order valence-electron chi connectivity index (χ4n) is 2.03. The van der Waals surface area contributed by atoms with Crippen LogP contribution in [-0.2, 0) is 12.5 Å². The average Bonchev–Trinajstić information content (AvgIpc) is 2.61. The molecule has 1 aromatic heterocycles. The Balaban J connectivity index is 2.45. The molecule has 2 nitrogen and oxygen atoms in total. The van der Waals surface area contributed by atoms with Crippen molar-refractivity contribution in [1.82, 2.24) is 9.78 Å². The van der Waals surface area contributed by atoms with Crippen molar-refractivity contribution in [3.8, 4) is 11.3 Å². The largest absolute Gasteiger partial charge is 0.272 e. The minimum atomic E-state index is 0.130. The van der Waals surface area contributed by atoms with Crippen molar-refractivity contribution in [2.45, 2.75) is 33.1 Å². The highest BCUT2D eigenvalue weighted by atomic mass is 15.3. The number of nitrogens with zero attached hydrogens (tertiary/aromatic N) is 2. The molecule has 0 spiro atoms. The van der Waals surface area contributed by atoms with E-state index in [4.69, 9.17) is 0 Å². The summed E-state index contributed by atoms with van der Waals surface area (Å²) in [5.41, 5.74) is 4.90. The Labute approximate surface area is 103 Å². The first-order valence-corrected chi connectivity index (χ1v) is 5.99. The van der Waals surface area contributed by atoms with Crippen LogP contribution in [0.2, 0.25) is 0 Å². The van der Waals surface area contributed by atoms with Crippen LogP contribution in [0.1, 0.15) is 32.0 Å². The lowest BCUT2D eigenvalue weighted by Crippen LogP contribution is -2.16. The Morgan fingerprint density at radius 2 is 1.65 bits per heavy atom. The van der Waals surface area contributed by atoms with Crippen molar-refractivity contribution in [3.05, 3.63) is 41.6 Å². The summed E-state index contributed by atoms with van der Waals surface area (Å²) >= 11 is 0. The molecular formula is C15H20N2. The summed E-state index contributed by atoms with van der Waals surface area (Å²) < 4.78 is 1.98. The summed E-state index contributed by atoms with van der Waals surface area (Å²) in [5.74, 6) is 0. The zero-order valence-electron chi connectivity index (χ0n) is 11.3. The van der Waals surface area contributed by atoms with Gasteiger partial charge in [-0.25, -0.2) is 0 Å². The summed E-state index contributed by atoms with van der Waals surface area (Å²) in [4.78, 5) is 0. The van der Waals surface area contributed by atoms with E-state index in [0.29, 0.717) is 0 Å². The third-order valence-corrected chi connectivity index (χ3v) is 3.00. The second-order valence-corrected chi connectivity index (χ2v) is 5.65. The van der Waals surface area contributed by atoms with E-state index in [2.05, 4.69) is 63.1 Å². The maximum absolute atomic E-state index is 4.59. The van der Waals surface area contributed by atoms with E-state index in [9.17, 15) is 0 Å². The van der Waals surface area contributed by atoms with Gasteiger partial charge >= 0.3 is 0 Å². The maximum Gasteiger partial charge on any atom is 0.0926 e. The molecule has 0 amide bonds. The minimum absolute atomic E-state index is 0.130. The smallest absolute Gasteiger partial charge is 0.0926 e. The van der Waals surface area contributed by atoms with Crippen molar-refractivity contribution in [1.29, 1.82) is 0 Å². The second kappa shape index (κ2) is 4.02. The van der Waals surface area contributed by atoms with Crippen LogP contribution < -0.4 is 0 Å². The molecule has 0 aliphatic carbocycles. The van der Waals surface area contributed by atoms with Gasteiger partial charge in [0.2, 0.25) is 0 Å². The summed E-state index contributed by atoms with van der Waals surface area (Å²) in [7, 11) is 2.01. The van der Waals surface area contributed by atoms with Crippen LogP contribution in [0.3, 0.4) is 0 Å². The first kappa shape index (κ1) is 11.9. The number of hydrogen-bond donors (Lipinski definition) is 0. The van der Waals surface area contributed by atoms with Crippen molar-refractivity contribution in [3.63, 3.8) is 0 Å². The molecule has 0 aliphatic heterocycles. The van der Waals surface area contributed by atoms with Gasteiger partial charge in [-0.05, 0) is 13.0 Å². The van der Waals surface area contributed by atoms with Gasteiger partial charge in [-0.2, -0.15) is 5.10 Å². The maximum atomic E-state index is 4.59. The molecule has 0 atom stereocenters. The van der Waals surface area contributed by atoms with Crippen LogP contribution in [0.4, 0.5) is 0 Å². The molecule has 2 aromatic rings. The number of rotatable bonds is 1. The zero-order valence-corrected chi connectivity index (χ0v) is 11.3. The molecule has 0 saturated carbocycles. The average molecular weight is 228 g/mol. The monoisotopic (exact) mass is 228 g/mol. The van der Waals surface area contributed by atoms with Gasteiger partial charge < -0.3 is 0 Å². The Hall–Kier alpha value is -1.57. The van der Waals surface area contributed by atoms with E-state index in [-0.39, 0.29) is 5.41 Å². The quantitative estimate of drug-likeness (QED) is 0.728. The molecule has 0 saturated heterocycles. The molecule has 2 rings (SSSR count). The molecule has 0 fully saturated rings. The van der Waals surface area contributed by atoms with Gasteiger partial charge in [0.05, 0.1) is 5.69 Å². The fourth-order valence-corrected chi connectivity index (χ4v) is 2.03. The summed E-state index contributed by atoms with van der Waals surface area (Å²) in [6, 6.07) is 10.7. The van der Waals surface area contributed by atoms with E-state index in [1.807, 2.05) is 11.7 Å². The molecule has 1 heterocycles. The number of hydrogen-bond acceptors (Lipinski definition) is 1. The van der Waals surface area contributed by atoms with Crippen LogP contribution >= 0.6 is 0 Å². The minimum Gasteiger partial charge on any atom is -0.272 e.